The molecule has 1 fully saturated rings. The zero-order chi connectivity index (χ0) is 27.6. The second-order valence-corrected chi connectivity index (χ2v) is 9.96. The summed E-state index contributed by atoms with van der Waals surface area (Å²) in [6.45, 7) is 2.51. The number of esters is 2. The van der Waals surface area contributed by atoms with Gasteiger partial charge in [-0.2, -0.15) is 0 Å². The van der Waals surface area contributed by atoms with E-state index in [9.17, 15) is 9.59 Å². The first-order valence-corrected chi connectivity index (χ1v) is 13.6. The molecular formula is C31H38N4O4. The molecule has 0 heterocycles. The average molecular weight is 531 g/mol. The van der Waals surface area contributed by atoms with E-state index in [0.717, 1.165) is 55.6 Å². The second kappa shape index (κ2) is 13.6. The average Bonchev–Trinajstić information content (AvgIpc) is 2.94. The number of benzene rings is 3. The molecule has 0 amide bonds. The zero-order valence-electron chi connectivity index (χ0n) is 22.5. The number of carbonyl (C=O) groups is 2. The summed E-state index contributed by atoms with van der Waals surface area (Å²) in [5.41, 5.74) is 16.8. The fourth-order valence-electron chi connectivity index (χ4n) is 4.95. The van der Waals surface area contributed by atoms with E-state index in [1.54, 1.807) is 37.3 Å². The molecule has 6 N–H and O–H groups in total. The molecule has 3 aromatic carbocycles. The van der Waals surface area contributed by atoms with Crippen LogP contribution in [0.25, 0.3) is 0 Å². The lowest BCUT2D eigenvalue weighted by Crippen LogP contribution is -2.26. The van der Waals surface area contributed by atoms with Crippen LogP contribution in [0, 0.1) is 5.92 Å². The van der Waals surface area contributed by atoms with E-state index < -0.39 is 0 Å². The molecule has 206 valence electrons. The molecule has 3 aromatic rings. The maximum absolute atomic E-state index is 12.5. The monoisotopic (exact) mass is 530 g/mol. The Hall–Kier alpha value is -4.20. The molecule has 0 bridgehead atoms. The normalized spacial score (nSPS) is 16.7. The second-order valence-electron chi connectivity index (χ2n) is 9.96. The smallest absolute Gasteiger partial charge is 0.338 e. The van der Waals surface area contributed by atoms with Crippen LogP contribution in [0.5, 0.6) is 0 Å². The topological polar surface area (TPSA) is 129 Å². The summed E-state index contributed by atoms with van der Waals surface area (Å²) in [5, 5.41) is 6.78. The first-order chi connectivity index (χ1) is 18.9. The number of hydrogen-bond acceptors (Lipinski definition) is 8. The molecule has 0 unspecified atom stereocenters. The molecule has 1 aliphatic rings. The maximum atomic E-state index is 12.5. The Labute approximate surface area is 230 Å². The largest absolute Gasteiger partial charge is 0.462 e. The fraction of sp³-hybridized carbons (Fsp3) is 0.355. The molecule has 1 aliphatic carbocycles. The highest BCUT2D eigenvalue weighted by atomic mass is 16.5. The SMILES string of the molecule is CCOC(=O)c1ccc(NC2CCC(CCCOC(=O)c3ccc(Nc4ccccc4)c(N)c3)CC2)c(N)c1. The lowest BCUT2D eigenvalue weighted by Gasteiger charge is -2.30. The number of nitrogens with one attached hydrogen (secondary N) is 2. The van der Waals surface area contributed by atoms with Crippen LogP contribution in [-0.4, -0.2) is 31.2 Å². The Bertz CT molecular complexity index is 1260. The molecule has 39 heavy (non-hydrogen) atoms. The summed E-state index contributed by atoms with van der Waals surface area (Å²) in [6, 6.07) is 20.5. The summed E-state index contributed by atoms with van der Waals surface area (Å²) >= 11 is 0. The van der Waals surface area contributed by atoms with Gasteiger partial charge >= 0.3 is 11.9 Å². The van der Waals surface area contributed by atoms with Crippen molar-refractivity contribution in [1.29, 1.82) is 0 Å². The Morgan fingerprint density at radius 1 is 0.821 bits per heavy atom. The van der Waals surface area contributed by atoms with Crippen LogP contribution in [-0.2, 0) is 9.47 Å². The van der Waals surface area contributed by atoms with Gasteiger partial charge in [0, 0.05) is 11.7 Å². The van der Waals surface area contributed by atoms with Crippen LogP contribution in [0.4, 0.5) is 28.4 Å². The molecule has 1 saturated carbocycles. The molecule has 0 aromatic heterocycles. The highest BCUT2D eigenvalue weighted by Gasteiger charge is 2.22. The van der Waals surface area contributed by atoms with Gasteiger partial charge in [0.1, 0.15) is 0 Å². The standard InChI is InChI=1S/C31H38N4O4/c1-2-38-30(36)22-12-16-29(26(32)19-22)35-25-14-10-21(11-15-25)7-6-18-39-31(37)23-13-17-28(27(33)20-23)34-24-8-4-3-5-9-24/h3-5,8-9,12-13,16-17,19-21,25,34-35H,2,6-7,10-11,14-15,18,32-33H2,1H3. The molecule has 0 saturated heterocycles. The van der Waals surface area contributed by atoms with E-state index in [1.807, 2.05) is 36.4 Å². The van der Waals surface area contributed by atoms with Crippen molar-refractivity contribution < 1.29 is 19.1 Å². The zero-order valence-corrected chi connectivity index (χ0v) is 22.5. The number of ether oxygens (including phenoxy) is 2. The van der Waals surface area contributed by atoms with Crippen LogP contribution in [0.15, 0.2) is 66.7 Å². The molecule has 0 aliphatic heterocycles. The summed E-state index contributed by atoms with van der Waals surface area (Å²) < 4.78 is 10.6. The van der Waals surface area contributed by atoms with Crippen molar-refractivity contribution in [3.05, 3.63) is 77.9 Å². The number of carbonyl (C=O) groups excluding carboxylic acids is 2. The minimum Gasteiger partial charge on any atom is -0.462 e. The number of nitrogen functional groups attached to an aromatic ring is 2. The lowest BCUT2D eigenvalue weighted by molar-refractivity contribution is 0.0489. The van der Waals surface area contributed by atoms with Crippen molar-refractivity contribution >= 4 is 40.4 Å². The highest BCUT2D eigenvalue weighted by Crippen LogP contribution is 2.31. The molecule has 0 atom stereocenters. The van der Waals surface area contributed by atoms with Crippen LogP contribution >= 0.6 is 0 Å². The molecule has 0 spiro atoms. The van der Waals surface area contributed by atoms with Crippen molar-refractivity contribution in [1.82, 2.24) is 0 Å². The third-order valence-electron chi connectivity index (χ3n) is 7.10. The molecule has 8 nitrogen and oxygen atoms in total. The van der Waals surface area contributed by atoms with E-state index in [1.165, 1.54) is 0 Å². The number of nitrogens with two attached hydrogens (primary N) is 2. The predicted octanol–water partition coefficient (Wildman–Crippen LogP) is 6.38. The minimum atomic E-state index is -0.361. The summed E-state index contributed by atoms with van der Waals surface area (Å²) in [6.07, 6.45) is 6.17. The number of rotatable bonds is 11. The predicted molar refractivity (Wildman–Crippen MR) is 156 cm³/mol. The first kappa shape index (κ1) is 27.8. The van der Waals surface area contributed by atoms with E-state index in [0.29, 0.717) is 47.7 Å². The number of para-hydroxylation sites is 1. The highest BCUT2D eigenvalue weighted by molar-refractivity contribution is 5.93. The van der Waals surface area contributed by atoms with Crippen molar-refractivity contribution in [2.45, 2.75) is 51.5 Å². The van der Waals surface area contributed by atoms with E-state index >= 15 is 0 Å². The van der Waals surface area contributed by atoms with E-state index in [2.05, 4.69) is 10.6 Å². The molecular weight excluding hydrogens is 492 g/mol. The third kappa shape index (κ3) is 7.89. The van der Waals surface area contributed by atoms with Crippen molar-refractivity contribution in [2.24, 2.45) is 5.92 Å². The van der Waals surface area contributed by atoms with E-state index in [4.69, 9.17) is 20.9 Å². The van der Waals surface area contributed by atoms with Crippen LogP contribution in [0.2, 0.25) is 0 Å². The van der Waals surface area contributed by atoms with Gasteiger partial charge in [0.05, 0.1) is 47.1 Å². The Morgan fingerprint density at radius 2 is 1.44 bits per heavy atom. The quantitative estimate of drug-likeness (QED) is 0.128. The van der Waals surface area contributed by atoms with Gasteiger partial charge in [-0.15, -0.1) is 0 Å². The van der Waals surface area contributed by atoms with Gasteiger partial charge in [0.2, 0.25) is 0 Å². The Kier molecular flexibility index (Phi) is 9.67. The summed E-state index contributed by atoms with van der Waals surface area (Å²) in [4.78, 5) is 24.4. The van der Waals surface area contributed by atoms with Gasteiger partial charge in [-0.1, -0.05) is 18.2 Å². The fourth-order valence-corrected chi connectivity index (χ4v) is 4.95. The van der Waals surface area contributed by atoms with E-state index in [-0.39, 0.29) is 11.9 Å². The first-order valence-electron chi connectivity index (χ1n) is 13.6. The summed E-state index contributed by atoms with van der Waals surface area (Å²) in [7, 11) is 0. The van der Waals surface area contributed by atoms with Gasteiger partial charge in [-0.3, -0.25) is 0 Å². The van der Waals surface area contributed by atoms with Crippen LogP contribution in [0.3, 0.4) is 0 Å². The van der Waals surface area contributed by atoms with Crippen molar-refractivity contribution in [2.75, 3.05) is 35.3 Å². The number of anilines is 5. The van der Waals surface area contributed by atoms with Gasteiger partial charge in [0.15, 0.2) is 0 Å². The Morgan fingerprint density at radius 3 is 2.05 bits per heavy atom. The molecule has 0 radical (unpaired) electrons. The third-order valence-corrected chi connectivity index (χ3v) is 7.10. The minimum absolute atomic E-state index is 0.334. The maximum Gasteiger partial charge on any atom is 0.338 e. The van der Waals surface area contributed by atoms with Crippen LogP contribution < -0.4 is 22.1 Å². The summed E-state index contributed by atoms with van der Waals surface area (Å²) in [5.74, 6) is -0.100. The lowest BCUT2D eigenvalue weighted by atomic mass is 9.83. The Balaban J connectivity index is 1.15. The molecule has 8 heteroatoms. The van der Waals surface area contributed by atoms with Crippen molar-refractivity contribution in [3.63, 3.8) is 0 Å². The van der Waals surface area contributed by atoms with Gasteiger partial charge in [0.25, 0.3) is 0 Å². The molecule has 4 rings (SSSR count). The van der Waals surface area contributed by atoms with Crippen molar-refractivity contribution in [3.8, 4) is 0 Å². The number of hydrogen-bond donors (Lipinski definition) is 4. The van der Waals surface area contributed by atoms with Gasteiger partial charge in [-0.25, -0.2) is 9.59 Å². The van der Waals surface area contributed by atoms with Gasteiger partial charge in [-0.05, 0) is 99.9 Å². The van der Waals surface area contributed by atoms with Crippen LogP contribution in [0.1, 0.15) is 66.2 Å². The van der Waals surface area contributed by atoms with Gasteiger partial charge < -0.3 is 31.6 Å².